The van der Waals surface area contributed by atoms with Crippen LogP contribution in [0.25, 0.3) is 0 Å². The van der Waals surface area contributed by atoms with E-state index in [1.165, 1.54) is 6.08 Å². The van der Waals surface area contributed by atoms with Crippen LogP contribution in [0.1, 0.15) is 52.9 Å². The van der Waals surface area contributed by atoms with Crippen LogP contribution >= 0.6 is 0 Å². The van der Waals surface area contributed by atoms with Crippen LogP contribution in [0.5, 0.6) is 0 Å². The summed E-state index contributed by atoms with van der Waals surface area (Å²) in [5.41, 5.74) is 0.208. The number of rotatable bonds is 2. The molecule has 0 aromatic rings. The number of hydrogen-bond donors (Lipinski definition) is 2. The van der Waals surface area contributed by atoms with Crippen molar-refractivity contribution in [2.24, 2.45) is 16.7 Å². The quantitative estimate of drug-likeness (QED) is 0.462. The lowest BCUT2D eigenvalue weighted by Gasteiger charge is -2.56. The van der Waals surface area contributed by atoms with Gasteiger partial charge in [0.1, 0.15) is 5.76 Å². The molecule has 130 valence electrons. The van der Waals surface area contributed by atoms with Crippen molar-refractivity contribution in [3.8, 4) is 0 Å². The second kappa shape index (κ2) is 5.41. The number of carbonyl (C=O) groups is 2. The Hall–Kier alpha value is -1.68. The summed E-state index contributed by atoms with van der Waals surface area (Å²) in [6, 6.07) is 0. The largest absolute Gasteiger partial charge is 0.507 e. The Morgan fingerprint density at radius 1 is 1.21 bits per heavy atom. The molecular formula is C20H26O4. The van der Waals surface area contributed by atoms with Crippen LogP contribution in [0.2, 0.25) is 0 Å². The summed E-state index contributed by atoms with van der Waals surface area (Å²) >= 11 is 0. The molecule has 0 aliphatic heterocycles. The standard InChI is InChI=1S/C20H26O4/c1-5-7-11-16(22)14-12(21)10-13-19(2,3)8-6-9-20(13,4)15(14)18(24)17(11)23/h5,12-13,21-22H,1,6-10H2,2-4H3/t12-,13?,20+/m1/s1. The topological polar surface area (TPSA) is 74.6 Å². The highest BCUT2D eigenvalue weighted by atomic mass is 16.3. The van der Waals surface area contributed by atoms with Gasteiger partial charge >= 0.3 is 0 Å². The third-order valence-electron chi connectivity index (χ3n) is 6.46. The summed E-state index contributed by atoms with van der Waals surface area (Å²) < 4.78 is 0. The number of carbonyl (C=O) groups excluding carboxylic acids is 2. The van der Waals surface area contributed by atoms with E-state index in [2.05, 4.69) is 20.4 Å². The molecule has 0 aromatic carbocycles. The van der Waals surface area contributed by atoms with Crippen molar-refractivity contribution >= 4 is 11.6 Å². The van der Waals surface area contributed by atoms with Crippen LogP contribution in [0.15, 0.2) is 35.1 Å². The normalized spacial score (nSPS) is 35.7. The van der Waals surface area contributed by atoms with E-state index < -0.39 is 23.1 Å². The first kappa shape index (κ1) is 17.2. The minimum Gasteiger partial charge on any atom is -0.507 e. The fraction of sp³-hybridized carbons (Fsp3) is 0.600. The van der Waals surface area contributed by atoms with Gasteiger partial charge in [-0.2, -0.15) is 0 Å². The molecule has 1 fully saturated rings. The molecule has 4 heteroatoms. The highest BCUT2D eigenvalue weighted by Gasteiger charge is 2.57. The fourth-order valence-electron chi connectivity index (χ4n) is 5.33. The molecule has 3 atom stereocenters. The molecule has 0 radical (unpaired) electrons. The molecule has 1 saturated carbocycles. The minimum atomic E-state index is -0.910. The molecule has 0 bridgehead atoms. The van der Waals surface area contributed by atoms with E-state index in [1.54, 1.807) is 0 Å². The first-order valence-electron chi connectivity index (χ1n) is 8.70. The van der Waals surface area contributed by atoms with Crippen molar-refractivity contribution < 1.29 is 19.8 Å². The van der Waals surface area contributed by atoms with Crippen LogP contribution < -0.4 is 0 Å². The second-order valence-electron chi connectivity index (χ2n) is 8.33. The molecule has 0 spiro atoms. The summed E-state index contributed by atoms with van der Waals surface area (Å²) in [5, 5.41) is 21.3. The lowest BCUT2D eigenvalue weighted by atomic mass is 9.48. The molecule has 3 rings (SSSR count). The molecule has 24 heavy (non-hydrogen) atoms. The molecule has 0 heterocycles. The number of hydrogen-bond acceptors (Lipinski definition) is 4. The van der Waals surface area contributed by atoms with Crippen LogP contribution in [-0.2, 0) is 9.59 Å². The van der Waals surface area contributed by atoms with Gasteiger partial charge in [0.2, 0.25) is 11.6 Å². The molecule has 0 saturated heterocycles. The molecule has 1 unspecified atom stereocenters. The summed E-state index contributed by atoms with van der Waals surface area (Å²) in [7, 11) is 0. The summed E-state index contributed by atoms with van der Waals surface area (Å²) in [6.45, 7) is 9.94. The van der Waals surface area contributed by atoms with Gasteiger partial charge in [0.05, 0.1) is 6.10 Å². The molecule has 0 aromatic heterocycles. The fourth-order valence-corrected chi connectivity index (χ4v) is 5.33. The van der Waals surface area contributed by atoms with E-state index >= 15 is 0 Å². The lowest BCUT2D eigenvalue weighted by Crippen LogP contribution is -2.52. The van der Waals surface area contributed by atoms with Gasteiger partial charge in [-0.05, 0) is 37.0 Å². The third kappa shape index (κ3) is 2.16. The van der Waals surface area contributed by atoms with Crippen molar-refractivity contribution in [2.75, 3.05) is 0 Å². The van der Waals surface area contributed by atoms with Gasteiger partial charge in [-0.1, -0.05) is 33.3 Å². The zero-order valence-electron chi connectivity index (χ0n) is 14.7. The molecule has 3 aliphatic carbocycles. The Labute approximate surface area is 142 Å². The molecule has 0 amide bonds. The van der Waals surface area contributed by atoms with E-state index in [1.807, 2.05) is 6.92 Å². The zero-order chi connectivity index (χ0) is 17.9. The van der Waals surface area contributed by atoms with Crippen LogP contribution in [-0.4, -0.2) is 27.9 Å². The van der Waals surface area contributed by atoms with Crippen molar-refractivity contribution in [1.29, 1.82) is 0 Å². The Morgan fingerprint density at radius 3 is 2.50 bits per heavy atom. The number of fused-ring (bicyclic) bond motifs is 2. The number of aliphatic hydroxyl groups excluding tert-OH is 2. The van der Waals surface area contributed by atoms with Crippen LogP contribution in [0.3, 0.4) is 0 Å². The average molecular weight is 330 g/mol. The van der Waals surface area contributed by atoms with E-state index in [0.29, 0.717) is 12.0 Å². The Morgan fingerprint density at radius 2 is 1.88 bits per heavy atom. The first-order chi connectivity index (χ1) is 11.1. The predicted octanol–water partition coefficient (Wildman–Crippen LogP) is 3.42. The van der Waals surface area contributed by atoms with Crippen LogP contribution in [0, 0.1) is 16.7 Å². The average Bonchev–Trinajstić information content (AvgIpc) is 2.49. The van der Waals surface area contributed by atoms with E-state index in [4.69, 9.17) is 0 Å². The molecule has 3 aliphatic rings. The summed E-state index contributed by atoms with van der Waals surface area (Å²) in [6.07, 6.45) is 4.03. The number of aliphatic hydroxyl groups is 2. The minimum absolute atomic E-state index is 0.0173. The van der Waals surface area contributed by atoms with Gasteiger partial charge in [-0.3, -0.25) is 9.59 Å². The highest BCUT2D eigenvalue weighted by molar-refractivity contribution is 6.50. The van der Waals surface area contributed by atoms with Gasteiger partial charge < -0.3 is 10.2 Å². The van der Waals surface area contributed by atoms with Gasteiger partial charge in [0, 0.05) is 22.1 Å². The van der Waals surface area contributed by atoms with Crippen molar-refractivity contribution in [1.82, 2.24) is 0 Å². The Bertz CT molecular complexity index is 694. The predicted molar refractivity (Wildman–Crippen MR) is 91.4 cm³/mol. The molecule has 2 N–H and O–H groups in total. The van der Waals surface area contributed by atoms with Gasteiger partial charge in [0.25, 0.3) is 0 Å². The monoisotopic (exact) mass is 330 g/mol. The number of Topliss-reactive ketones (excluding diaryl/α,β-unsaturated/α-hetero) is 2. The maximum Gasteiger partial charge on any atom is 0.233 e. The smallest absolute Gasteiger partial charge is 0.233 e. The highest BCUT2D eigenvalue weighted by Crippen LogP contribution is 2.61. The lowest BCUT2D eigenvalue weighted by molar-refractivity contribution is -0.135. The van der Waals surface area contributed by atoms with Gasteiger partial charge in [-0.15, -0.1) is 6.58 Å². The Balaban J connectivity index is 2.25. The van der Waals surface area contributed by atoms with Crippen LogP contribution in [0.4, 0.5) is 0 Å². The maximum absolute atomic E-state index is 12.9. The van der Waals surface area contributed by atoms with Crippen molar-refractivity contribution in [3.05, 3.63) is 35.1 Å². The molecule has 4 nitrogen and oxygen atoms in total. The van der Waals surface area contributed by atoms with E-state index in [9.17, 15) is 19.8 Å². The van der Waals surface area contributed by atoms with Gasteiger partial charge in [0.15, 0.2) is 0 Å². The van der Waals surface area contributed by atoms with Crippen molar-refractivity contribution in [2.45, 2.75) is 59.0 Å². The maximum atomic E-state index is 12.9. The summed E-state index contributed by atoms with van der Waals surface area (Å²) in [4.78, 5) is 25.4. The first-order valence-corrected chi connectivity index (χ1v) is 8.70. The number of allylic oxidation sites excluding steroid dienone is 3. The SMILES string of the molecule is C=CCC1=C(O)C2=C(C(=O)C1=O)[C@@]1(C)CCCC(C)(C)C1C[C@H]2O. The summed E-state index contributed by atoms with van der Waals surface area (Å²) in [5.74, 6) is -1.30. The second-order valence-corrected chi connectivity index (χ2v) is 8.33. The number of ketones is 2. The third-order valence-corrected chi connectivity index (χ3v) is 6.46. The van der Waals surface area contributed by atoms with Gasteiger partial charge in [-0.25, -0.2) is 0 Å². The zero-order valence-corrected chi connectivity index (χ0v) is 14.7. The van der Waals surface area contributed by atoms with E-state index in [0.717, 1.165) is 19.3 Å². The molecular weight excluding hydrogens is 304 g/mol. The van der Waals surface area contributed by atoms with Crippen molar-refractivity contribution in [3.63, 3.8) is 0 Å². The Kier molecular flexibility index (Phi) is 3.87. The van der Waals surface area contributed by atoms with E-state index in [-0.39, 0.29) is 34.7 Å².